The van der Waals surface area contributed by atoms with Gasteiger partial charge >= 0.3 is 0 Å². The van der Waals surface area contributed by atoms with Gasteiger partial charge in [-0.2, -0.15) is 5.26 Å². The van der Waals surface area contributed by atoms with Crippen LogP contribution in [-0.2, 0) is 0 Å². The Morgan fingerprint density at radius 2 is 2.23 bits per heavy atom. The lowest BCUT2D eigenvalue weighted by molar-refractivity contribution is -0.0966. The van der Waals surface area contributed by atoms with E-state index in [1.807, 2.05) is 0 Å². The molecule has 1 saturated carbocycles. The Bertz CT molecular complexity index is 529. The molecule has 4 unspecified atom stereocenters. The van der Waals surface area contributed by atoms with Crippen molar-refractivity contribution in [1.29, 1.82) is 5.26 Å². The second kappa shape index (κ2) is 6.57. The van der Waals surface area contributed by atoms with Crippen molar-refractivity contribution in [2.75, 3.05) is 14.1 Å². The van der Waals surface area contributed by atoms with Crippen LogP contribution in [0.1, 0.15) is 19.3 Å². The number of rotatable bonds is 3. The van der Waals surface area contributed by atoms with Gasteiger partial charge in [-0.05, 0) is 33.0 Å². The third-order valence-electron chi connectivity index (χ3n) is 4.30. The molecule has 8 heteroatoms. The molecule has 2 rings (SSSR count). The molecular weight excluding hydrogens is 317 g/mol. The van der Waals surface area contributed by atoms with Gasteiger partial charge in [-0.1, -0.05) is 11.6 Å². The van der Waals surface area contributed by atoms with Crippen LogP contribution >= 0.6 is 11.6 Å². The molecule has 0 amide bonds. The second-order valence-electron chi connectivity index (χ2n) is 5.62. The molecule has 1 fully saturated rings. The maximum Gasteiger partial charge on any atom is 0.264 e. The fourth-order valence-electron chi connectivity index (χ4n) is 3.16. The highest BCUT2D eigenvalue weighted by Gasteiger charge is 2.49. The molecule has 0 aromatic carbocycles. The number of alkyl halides is 3. The van der Waals surface area contributed by atoms with Crippen LogP contribution in [0.15, 0.2) is 16.6 Å². The van der Waals surface area contributed by atoms with Gasteiger partial charge in [0, 0.05) is 12.5 Å². The quantitative estimate of drug-likeness (QED) is 0.862. The van der Waals surface area contributed by atoms with Crippen LogP contribution < -0.4 is 5.32 Å². The van der Waals surface area contributed by atoms with Gasteiger partial charge in [-0.15, -0.1) is 0 Å². The van der Waals surface area contributed by atoms with Gasteiger partial charge in [0.1, 0.15) is 17.4 Å². The van der Waals surface area contributed by atoms with Crippen molar-refractivity contribution < 1.29 is 13.2 Å². The van der Waals surface area contributed by atoms with Gasteiger partial charge in [0.25, 0.3) is 5.92 Å². The van der Waals surface area contributed by atoms with E-state index in [0.29, 0.717) is 12.8 Å². The molecule has 4 atom stereocenters. The Hall–Kier alpha value is -1.10. The van der Waals surface area contributed by atoms with E-state index in [1.165, 1.54) is 11.9 Å². The van der Waals surface area contributed by atoms with Gasteiger partial charge < -0.3 is 5.32 Å². The SMILES string of the molecule is CNC1C(N(C)C2N=C(Cl)C(C#N)=CC2F)CCCC1(F)F. The zero-order valence-electron chi connectivity index (χ0n) is 12.4. The Morgan fingerprint density at radius 3 is 2.82 bits per heavy atom. The Labute approximate surface area is 132 Å². The normalized spacial score (nSPS) is 34.8. The summed E-state index contributed by atoms with van der Waals surface area (Å²) in [5.41, 5.74) is -0.0297. The van der Waals surface area contributed by atoms with Gasteiger partial charge in [-0.3, -0.25) is 4.90 Å². The summed E-state index contributed by atoms with van der Waals surface area (Å²) in [6, 6.07) is 0.121. The number of dihydropyridines is 1. The summed E-state index contributed by atoms with van der Waals surface area (Å²) in [5.74, 6) is -2.85. The molecule has 1 aliphatic carbocycles. The Morgan fingerprint density at radius 1 is 1.55 bits per heavy atom. The summed E-state index contributed by atoms with van der Waals surface area (Å²) < 4.78 is 42.3. The molecule has 122 valence electrons. The minimum Gasteiger partial charge on any atom is -0.310 e. The predicted molar refractivity (Wildman–Crippen MR) is 78.9 cm³/mol. The first-order valence-electron chi connectivity index (χ1n) is 7.08. The summed E-state index contributed by atoms with van der Waals surface area (Å²) in [4.78, 5) is 5.47. The van der Waals surface area contributed by atoms with Crippen LogP contribution in [0.3, 0.4) is 0 Å². The number of nitriles is 1. The third kappa shape index (κ3) is 3.14. The monoisotopic (exact) mass is 334 g/mol. The molecule has 0 bridgehead atoms. The van der Waals surface area contributed by atoms with Crippen molar-refractivity contribution in [1.82, 2.24) is 10.2 Å². The van der Waals surface area contributed by atoms with Crippen molar-refractivity contribution in [3.63, 3.8) is 0 Å². The molecule has 1 heterocycles. The lowest BCUT2D eigenvalue weighted by Gasteiger charge is -2.44. The standard InChI is InChI=1S/C14H18ClF3N4/c1-20-11-10(4-3-5-14(11,17)18)22(2)13-9(16)6-8(7-19)12(15)21-13/h6,9-11,13,20H,3-5H2,1-2H3. The third-order valence-corrected chi connectivity index (χ3v) is 4.60. The van der Waals surface area contributed by atoms with E-state index in [9.17, 15) is 13.2 Å². The summed E-state index contributed by atoms with van der Waals surface area (Å²) in [6.45, 7) is 0. The lowest BCUT2D eigenvalue weighted by atomic mass is 9.85. The van der Waals surface area contributed by atoms with E-state index in [2.05, 4.69) is 10.3 Å². The zero-order valence-corrected chi connectivity index (χ0v) is 13.1. The van der Waals surface area contributed by atoms with Crippen LogP contribution in [-0.4, -0.2) is 54.5 Å². The maximum absolute atomic E-state index is 14.2. The fraction of sp³-hybridized carbons (Fsp3) is 0.714. The van der Waals surface area contributed by atoms with E-state index in [-0.39, 0.29) is 17.2 Å². The molecule has 22 heavy (non-hydrogen) atoms. The first-order chi connectivity index (χ1) is 10.3. The van der Waals surface area contributed by atoms with Crippen molar-refractivity contribution in [3.8, 4) is 6.07 Å². The Balaban J connectivity index is 2.23. The van der Waals surface area contributed by atoms with Gasteiger partial charge in [0.05, 0.1) is 11.6 Å². The first kappa shape index (κ1) is 17.3. The highest BCUT2D eigenvalue weighted by molar-refractivity contribution is 6.70. The average Bonchev–Trinajstić information content (AvgIpc) is 2.47. The number of hydrogen-bond donors (Lipinski definition) is 1. The van der Waals surface area contributed by atoms with Crippen LogP contribution in [0.5, 0.6) is 0 Å². The molecule has 0 radical (unpaired) electrons. The number of nitrogens with one attached hydrogen (secondary N) is 1. The van der Waals surface area contributed by atoms with E-state index < -0.39 is 30.3 Å². The maximum atomic E-state index is 14.2. The summed E-state index contributed by atoms with van der Waals surface area (Å²) >= 11 is 5.85. The van der Waals surface area contributed by atoms with Crippen LogP contribution in [0, 0.1) is 11.3 Å². The highest BCUT2D eigenvalue weighted by atomic mass is 35.5. The van der Waals surface area contributed by atoms with E-state index in [0.717, 1.165) is 6.08 Å². The summed E-state index contributed by atoms with van der Waals surface area (Å²) in [7, 11) is 3.04. The summed E-state index contributed by atoms with van der Waals surface area (Å²) in [5, 5.41) is 11.4. The van der Waals surface area contributed by atoms with E-state index >= 15 is 0 Å². The molecule has 0 spiro atoms. The molecule has 0 aromatic rings. The second-order valence-corrected chi connectivity index (χ2v) is 5.98. The molecule has 1 N–H and O–H groups in total. The predicted octanol–water partition coefficient (Wildman–Crippen LogP) is 2.46. The van der Waals surface area contributed by atoms with Crippen molar-refractivity contribution in [2.24, 2.45) is 4.99 Å². The van der Waals surface area contributed by atoms with Gasteiger partial charge in [-0.25, -0.2) is 18.2 Å². The number of halogens is 4. The van der Waals surface area contributed by atoms with E-state index in [4.69, 9.17) is 16.9 Å². The minimum absolute atomic E-state index is 0.0297. The van der Waals surface area contributed by atoms with Gasteiger partial charge in [0.2, 0.25) is 0 Å². The average molecular weight is 335 g/mol. The molecule has 0 aromatic heterocycles. The number of aliphatic imine (C=N–C) groups is 1. The molecule has 1 aliphatic heterocycles. The molecule has 2 aliphatic rings. The Kier molecular flexibility index (Phi) is 5.15. The van der Waals surface area contributed by atoms with Crippen molar-refractivity contribution >= 4 is 16.8 Å². The number of nitrogens with zero attached hydrogens (tertiary/aromatic N) is 3. The fourth-order valence-corrected chi connectivity index (χ4v) is 3.36. The van der Waals surface area contributed by atoms with Crippen molar-refractivity contribution in [2.45, 2.75) is 49.6 Å². The zero-order chi connectivity index (χ0) is 16.5. The molecular formula is C14H18ClF3N4. The number of allylic oxidation sites excluding steroid dienone is 1. The lowest BCUT2D eigenvalue weighted by Crippen LogP contribution is -2.61. The summed E-state index contributed by atoms with van der Waals surface area (Å²) in [6.07, 6.45) is -0.779. The topological polar surface area (TPSA) is 51.4 Å². The number of likely N-dealkylation sites (N-methyl/N-ethyl adjacent to an activating group) is 2. The molecule has 4 nitrogen and oxygen atoms in total. The first-order valence-corrected chi connectivity index (χ1v) is 7.46. The van der Waals surface area contributed by atoms with E-state index in [1.54, 1.807) is 13.1 Å². The van der Waals surface area contributed by atoms with Crippen LogP contribution in [0.4, 0.5) is 13.2 Å². The smallest absolute Gasteiger partial charge is 0.264 e. The minimum atomic E-state index is -2.85. The van der Waals surface area contributed by atoms with Crippen LogP contribution in [0.2, 0.25) is 0 Å². The molecule has 0 saturated heterocycles. The largest absolute Gasteiger partial charge is 0.310 e. The van der Waals surface area contributed by atoms with Crippen LogP contribution in [0.25, 0.3) is 0 Å². The van der Waals surface area contributed by atoms with Crippen molar-refractivity contribution in [3.05, 3.63) is 11.6 Å². The number of hydrogen-bond acceptors (Lipinski definition) is 4. The highest BCUT2D eigenvalue weighted by Crippen LogP contribution is 2.37. The van der Waals surface area contributed by atoms with Gasteiger partial charge in [0.15, 0.2) is 6.17 Å².